The lowest BCUT2D eigenvalue weighted by molar-refractivity contribution is -0.0866. The van der Waals surface area contributed by atoms with Gasteiger partial charge in [0.15, 0.2) is 11.5 Å². The predicted octanol–water partition coefficient (Wildman–Crippen LogP) is 3.58. The number of likely N-dealkylation sites (tertiary alicyclic amines) is 1. The van der Waals surface area contributed by atoms with E-state index in [2.05, 4.69) is 36.2 Å². The van der Waals surface area contributed by atoms with E-state index >= 15 is 0 Å². The summed E-state index contributed by atoms with van der Waals surface area (Å²) in [6.45, 7) is 2.96. The van der Waals surface area contributed by atoms with Gasteiger partial charge in [-0.05, 0) is 47.4 Å². The highest BCUT2D eigenvalue weighted by Gasteiger charge is 2.45. The molecule has 0 radical (unpaired) electrons. The summed E-state index contributed by atoms with van der Waals surface area (Å²) in [5.41, 5.74) is 2.30. The van der Waals surface area contributed by atoms with Gasteiger partial charge in [-0.3, -0.25) is 9.78 Å². The van der Waals surface area contributed by atoms with Crippen LogP contribution < -0.4 is 9.47 Å². The number of hydrogen-bond donors (Lipinski definition) is 1. The molecular formula is C25H26N2O4. The van der Waals surface area contributed by atoms with Crippen molar-refractivity contribution in [2.45, 2.75) is 25.6 Å². The van der Waals surface area contributed by atoms with E-state index in [-0.39, 0.29) is 19.0 Å². The number of aromatic nitrogens is 1. The van der Waals surface area contributed by atoms with Crippen molar-refractivity contribution >= 4 is 5.91 Å². The average molecular weight is 418 g/mol. The minimum absolute atomic E-state index is 0.189. The minimum atomic E-state index is -1.12. The summed E-state index contributed by atoms with van der Waals surface area (Å²) < 4.78 is 11.4. The number of methoxy groups -OCH3 is 1. The summed E-state index contributed by atoms with van der Waals surface area (Å²) in [5, 5.41) is 11.0. The Balaban J connectivity index is 1.42. The quantitative estimate of drug-likeness (QED) is 0.635. The molecule has 1 aliphatic heterocycles. The zero-order chi connectivity index (χ0) is 21.8. The van der Waals surface area contributed by atoms with Gasteiger partial charge in [0.1, 0.15) is 17.9 Å². The van der Waals surface area contributed by atoms with E-state index in [1.54, 1.807) is 48.5 Å². The van der Waals surface area contributed by atoms with Gasteiger partial charge in [0, 0.05) is 6.20 Å². The molecule has 4 rings (SSSR count). The molecule has 0 spiro atoms. The molecule has 1 fully saturated rings. The van der Waals surface area contributed by atoms with Gasteiger partial charge in [-0.1, -0.05) is 43.3 Å². The van der Waals surface area contributed by atoms with E-state index in [4.69, 9.17) is 9.47 Å². The molecule has 1 aliphatic rings. The van der Waals surface area contributed by atoms with Crippen LogP contribution in [0.25, 0.3) is 0 Å². The van der Waals surface area contributed by atoms with Crippen LogP contribution in [0.5, 0.6) is 11.5 Å². The molecule has 2 heterocycles. The maximum Gasteiger partial charge on any atom is 0.272 e. The number of carbonyl (C=O) groups is 1. The van der Waals surface area contributed by atoms with Crippen LogP contribution in [-0.4, -0.2) is 41.1 Å². The number of benzene rings is 2. The lowest BCUT2D eigenvalue weighted by Gasteiger charge is -2.46. The van der Waals surface area contributed by atoms with Gasteiger partial charge in [-0.25, -0.2) is 0 Å². The summed E-state index contributed by atoms with van der Waals surface area (Å²) in [6, 6.07) is 18.9. The van der Waals surface area contributed by atoms with E-state index in [0.29, 0.717) is 29.4 Å². The molecule has 1 amide bonds. The lowest BCUT2D eigenvalue weighted by atomic mass is 9.85. The van der Waals surface area contributed by atoms with Crippen molar-refractivity contribution in [1.82, 2.24) is 9.88 Å². The number of aliphatic hydroxyl groups is 1. The second-order valence-electron chi connectivity index (χ2n) is 7.73. The number of aryl methyl sites for hydroxylation is 1. The van der Waals surface area contributed by atoms with E-state index in [1.165, 1.54) is 5.56 Å². The van der Waals surface area contributed by atoms with Crippen LogP contribution in [0.15, 0.2) is 66.9 Å². The maximum atomic E-state index is 12.5. The first-order chi connectivity index (χ1) is 15.0. The fourth-order valence-electron chi connectivity index (χ4n) is 3.67. The molecule has 0 bridgehead atoms. The molecule has 160 valence electrons. The van der Waals surface area contributed by atoms with Crippen LogP contribution in [0.4, 0.5) is 0 Å². The highest BCUT2D eigenvalue weighted by atomic mass is 16.5. The van der Waals surface area contributed by atoms with Gasteiger partial charge in [0.05, 0.1) is 20.2 Å². The van der Waals surface area contributed by atoms with Crippen molar-refractivity contribution in [1.29, 1.82) is 0 Å². The van der Waals surface area contributed by atoms with Gasteiger partial charge in [-0.15, -0.1) is 0 Å². The summed E-state index contributed by atoms with van der Waals surface area (Å²) >= 11 is 0. The molecule has 6 nitrogen and oxygen atoms in total. The fraction of sp³-hybridized carbons (Fsp3) is 0.280. The summed E-state index contributed by atoms with van der Waals surface area (Å²) in [4.78, 5) is 18.2. The topological polar surface area (TPSA) is 71.9 Å². The van der Waals surface area contributed by atoms with Crippen molar-refractivity contribution in [2.75, 3.05) is 20.2 Å². The van der Waals surface area contributed by atoms with Crippen LogP contribution in [0, 0.1) is 0 Å². The second-order valence-corrected chi connectivity index (χ2v) is 7.73. The Labute approximate surface area is 182 Å². The maximum absolute atomic E-state index is 12.5. The Morgan fingerprint density at radius 3 is 2.45 bits per heavy atom. The van der Waals surface area contributed by atoms with Crippen LogP contribution in [0.2, 0.25) is 0 Å². The molecule has 2 aromatic carbocycles. The number of pyridine rings is 1. The summed E-state index contributed by atoms with van der Waals surface area (Å²) in [5.74, 6) is 0.965. The third kappa shape index (κ3) is 4.39. The zero-order valence-corrected chi connectivity index (χ0v) is 17.7. The number of β-amino-alcohol motifs (C(OH)–C–C–N with tert-alkyl or cyclic N) is 1. The SMILES string of the molecule is CCc1ccc(COc2ccc(C3(O)CN(C(=O)c4ccccn4)C3)cc2OC)cc1. The molecule has 0 saturated carbocycles. The third-order valence-corrected chi connectivity index (χ3v) is 5.60. The zero-order valence-electron chi connectivity index (χ0n) is 17.7. The average Bonchev–Trinajstić information content (AvgIpc) is 2.81. The van der Waals surface area contributed by atoms with E-state index in [1.807, 2.05) is 6.07 Å². The smallest absolute Gasteiger partial charge is 0.272 e. The molecule has 1 aromatic heterocycles. The first-order valence-electron chi connectivity index (χ1n) is 10.3. The van der Waals surface area contributed by atoms with Gasteiger partial charge in [-0.2, -0.15) is 0 Å². The van der Waals surface area contributed by atoms with Gasteiger partial charge < -0.3 is 19.5 Å². The number of carbonyl (C=O) groups excluding carboxylic acids is 1. The number of hydrogen-bond acceptors (Lipinski definition) is 5. The molecule has 1 N–H and O–H groups in total. The van der Waals surface area contributed by atoms with E-state index in [0.717, 1.165) is 12.0 Å². The van der Waals surface area contributed by atoms with Crippen molar-refractivity contribution in [3.63, 3.8) is 0 Å². The highest BCUT2D eigenvalue weighted by molar-refractivity contribution is 5.93. The Kier molecular flexibility index (Phi) is 5.91. The van der Waals surface area contributed by atoms with Crippen LogP contribution >= 0.6 is 0 Å². The van der Waals surface area contributed by atoms with Crippen LogP contribution in [0.1, 0.15) is 34.1 Å². The van der Waals surface area contributed by atoms with Crippen LogP contribution in [-0.2, 0) is 18.6 Å². The molecule has 0 aliphatic carbocycles. The standard InChI is InChI=1S/C25H26N2O4/c1-3-18-7-9-19(10-8-18)15-31-22-12-11-20(14-23(22)30-2)25(29)16-27(17-25)24(28)21-6-4-5-13-26-21/h4-14,29H,3,15-17H2,1-2H3. The number of ether oxygens (including phenoxy) is 2. The van der Waals surface area contributed by atoms with Crippen molar-refractivity contribution in [3.8, 4) is 11.5 Å². The number of rotatable bonds is 7. The largest absolute Gasteiger partial charge is 0.493 e. The Bertz CT molecular complexity index is 1040. The first kappa shape index (κ1) is 20.9. The van der Waals surface area contributed by atoms with Crippen molar-refractivity contribution in [2.24, 2.45) is 0 Å². The Morgan fingerprint density at radius 2 is 1.81 bits per heavy atom. The number of amides is 1. The fourth-order valence-corrected chi connectivity index (χ4v) is 3.67. The lowest BCUT2D eigenvalue weighted by Crippen LogP contribution is -2.61. The van der Waals surface area contributed by atoms with Crippen molar-refractivity contribution < 1.29 is 19.4 Å². The minimum Gasteiger partial charge on any atom is -0.493 e. The summed E-state index contributed by atoms with van der Waals surface area (Å²) in [6.07, 6.45) is 2.59. The Hall–Kier alpha value is -3.38. The molecule has 0 atom stereocenters. The highest BCUT2D eigenvalue weighted by Crippen LogP contribution is 2.38. The summed E-state index contributed by atoms with van der Waals surface area (Å²) in [7, 11) is 1.57. The normalized spacial score (nSPS) is 14.6. The van der Waals surface area contributed by atoms with Gasteiger partial charge in [0.25, 0.3) is 5.91 Å². The molecule has 1 saturated heterocycles. The Morgan fingerprint density at radius 1 is 1.06 bits per heavy atom. The first-order valence-corrected chi connectivity index (χ1v) is 10.3. The predicted molar refractivity (Wildman–Crippen MR) is 117 cm³/mol. The molecule has 3 aromatic rings. The molecule has 31 heavy (non-hydrogen) atoms. The van der Waals surface area contributed by atoms with Crippen molar-refractivity contribution in [3.05, 3.63) is 89.2 Å². The number of nitrogens with zero attached hydrogens (tertiary/aromatic N) is 2. The molecule has 6 heteroatoms. The van der Waals surface area contributed by atoms with E-state index in [9.17, 15) is 9.90 Å². The van der Waals surface area contributed by atoms with Gasteiger partial charge in [0.2, 0.25) is 0 Å². The van der Waals surface area contributed by atoms with Crippen LogP contribution in [0.3, 0.4) is 0 Å². The monoisotopic (exact) mass is 418 g/mol. The van der Waals surface area contributed by atoms with Gasteiger partial charge >= 0.3 is 0 Å². The second kappa shape index (κ2) is 8.78. The molecule has 0 unspecified atom stereocenters. The van der Waals surface area contributed by atoms with E-state index < -0.39 is 5.60 Å². The molecular weight excluding hydrogens is 392 g/mol. The third-order valence-electron chi connectivity index (χ3n) is 5.60.